The Morgan fingerprint density at radius 2 is 2.23 bits per heavy atom. The molecule has 0 saturated heterocycles. The van der Waals surface area contributed by atoms with Crippen molar-refractivity contribution in [1.29, 1.82) is 0 Å². The molecule has 1 aliphatic carbocycles. The van der Waals surface area contributed by atoms with Crippen LogP contribution in [0.1, 0.15) is 25.7 Å². The normalized spacial score (nSPS) is 20.3. The quantitative estimate of drug-likeness (QED) is 0.668. The molecular weight excluding hydrogens is 164 g/mol. The van der Waals surface area contributed by atoms with Gasteiger partial charge in [-0.3, -0.25) is 0 Å². The number of nitrogens with two attached hydrogens (primary N) is 1. The van der Waals surface area contributed by atoms with Crippen LogP contribution in [0.5, 0.6) is 0 Å². The fourth-order valence-electron chi connectivity index (χ4n) is 1.71. The lowest BCUT2D eigenvalue weighted by Crippen LogP contribution is -2.44. The molecule has 0 aliphatic heterocycles. The van der Waals surface area contributed by atoms with Gasteiger partial charge in [0.2, 0.25) is 0 Å². The Bertz CT molecular complexity index is 137. The van der Waals surface area contributed by atoms with Crippen LogP contribution < -0.4 is 5.73 Å². The Morgan fingerprint density at radius 1 is 1.54 bits per heavy atom. The minimum absolute atomic E-state index is 0.269. The fraction of sp³-hybridized carbons (Fsp3) is 1.00. The summed E-state index contributed by atoms with van der Waals surface area (Å²) in [6, 6.07) is 1.07. The monoisotopic (exact) mass is 186 g/mol. The number of nitrogens with zero attached hydrogens (tertiary/aromatic N) is 1. The summed E-state index contributed by atoms with van der Waals surface area (Å²) in [6.07, 6.45) is 5.07. The number of rotatable bonds is 6. The minimum atomic E-state index is 0.269. The summed E-state index contributed by atoms with van der Waals surface area (Å²) in [4.78, 5) is 2.39. The molecule has 13 heavy (non-hydrogen) atoms. The molecule has 0 heterocycles. The molecule has 0 aromatic carbocycles. The van der Waals surface area contributed by atoms with Crippen molar-refractivity contribution in [2.24, 2.45) is 5.73 Å². The molecule has 0 bridgehead atoms. The maximum atomic E-state index is 5.96. The van der Waals surface area contributed by atoms with E-state index in [4.69, 9.17) is 10.5 Å². The van der Waals surface area contributed by atoms with E-state index in [-0.39, 0.29) is 6.04 Å². The molecule has 0 aromatic rings. The summed E-state index contributed by atoms with van der Waals surface area (Å²) in [5, 5.41) is 0. The zero-order chi connectivity index (χ0) is 9.68. The molecule has 78 valence electrons. The Hall–Kier alpha value is -0.120. The van der Waals surface area contributed by atoms with Crippen LogP contribution in [0.3, 0.4) is 0 Å². The van der Waals surface area contributed by atoms with E-state index >= 15 is 0 Å². The molecule has 0 amide bonds. The van der Waals surface area contributed by atoms with Crippen molar-refractivity contribution in [1.82, 2.24) is 4.90 Å². The van der Waals surface area contributed by atoms with Crippen molar-refractivity contribution in [3.05, 3.63) is 0 Å². The van der Waals surface area contributed by atoms with E-state index in [0.717, 1.165) is 25.6 Å². The van der Waals surface area contributed by atoms with E-state index in [9.17, 15) is 0 Å². The SMILES string of the molecule is COCCC(N)CN(C)C1CCC1. The number of hydrogen-bond acceptors (Lipinski definition) is 3. The van der Waals surface area contributed by atoms with Crippen LogP contribution in [0.2, 0.25) is 0 Å². The Morgan fingerprint density at radius 3 is 2.69 bits per heavy atom. The summed E-state index contributed by atoms with van der Waals surface area (Å²) in [5.74, 6) is 0. The van der Waals surface area contributed by atoms with Crippen molar-refractivity contribution in [2.75, 3.05) is 27.3 Å². The van der Waals surface area contributed by atoms with Gasteiger partial charge >= 0.3 is 0 Å². The van der Waals surface area contributed by atoms with Gasteiger partial charge in [0, 0.05) is 32.3 Å². The number of hydrogen-bond donors (Lipinski definition) is 1. The van der Waals surface area contributed by atoms with Crippen LogP contribution in [0.4, 0.5) is 0 Å². The Labute approximate surface area is 81.2 Å². The van der Waals surface area contributed by atoms with E-state index in [0.29, 0.717) is 0 Å². The number of ether oxygens (including phenoxy) is 1. The first-order valence-electron chi connectivity index (χ1n) is 5.18. The number of methoxy groups -OCH3 is 1. The highest BCUT2D eigenvalue weighted by atomic mass is 16.5. The second kappa shape index (κ2) is 5.58. The van der Waals surface area contributed by atoms with Crippen molar-refractivity contribution in [3.63, 3.8) is 0 Å². The molecule has 0 spiro atoms. The van der Waals surface area contributed by atoms with Crippen molar-refractivity contribution >= 4 is 0 Å². The van der Waals surface area contributed by atoms with E-state index in [1.807, 2.05) is 0 Å². The Kier molecular flexibility index (Phi) is 4.70. The molecule has 1 unspecified atom stereocenters. The standard InChI is InChI=1S/C10H22N2O/c1-12(10-4-3-5-10)8-9(11)6-7-13-2/h9-10H,3-8,11H2,1-2H3. The first-order valence-corrected chi connectivity index (χ1v) is 5.18. The van der Waals surface area contributed by atoms with Crippen LogP contribution in [-0.2, 0) is 4.74 Å². The van der Waals surface area contributed by atoms with Gasteiger partial charge in [0.15, 0.2) is 0 Å². The third-order valence-corrected chi connectivity index (χ3v) is 2.91. The third kappa shape index (κ3) is 3.63. The summed E-state index contributed by atoms with van der Waals surface area (Å²) in [6.45, 7) is 1.79. The topological polar surface area (TPSA) is 38.5 Å². The first kappa shape index (κ1) is 11.0. The second-order valence-electron chi connectivity index (χ2n) is 4.07. The van der Waals surface area contributed by atoms with Crippen molar-refractivity contribution in [2.45, 2.75) is 37.8 Å². The average Bonchev–Trinajstić information content (AvgIpc) is 1.97. The molecule has 1 fully saturated rings. The van der Waals surface area contributed by atoms with Gasteiger partial charge in [-0.1, -0.05) is 6.42 Å². The average molecular weight is 186 g/mol. The van der Waals surface area contributed by atoms with Crippen LogP contribution in [-0.4, -0.2) is 44.3 Å². The minimum Gasteiger partial charge on any atom is -0.385 e. The predicted molar refractivity (Wildman–Crippen MR) is 54.7 cm³/mol. The first-order chi connectivity index (χ1) is 6.24. The van der Waals surface area contributed by atoms with E-state index < -0.39 is 0 Å². The van der Waals surface area contributed by atoms with Crippen molar-refractivity contribution < 1.29 is 4.74 Å². The predicted octanol–water partition coefficient (Wildman–Crippen LogP) is 0.834. The van der Waals surface area contributed by atoms with Gasteiger partial charge in [0.1, 0.15) is 0 Å². The van der Waals surface area contributed by atoms with E-state index in [2.05, 4.69) is 11.9 Å². The summed E-state index contributed by atoms with van der Waals surface area (Å²) in [5.41, 5.74) is 5.96. The molecule has 0 radical (unpaired) electrons. The lowest BCUT2D eigenvalue weighted by molar-refractivity contribution is 0.136. The van der Waals surface area contributed by atoms with Gasteiger partial charge in [-0.15, -0.1) is 0 Å². The van der Waals surface area contributed by atoms with Gasteiger partial charge in [0.25, 0.3) is 0 Å². The van der Waals surface area contributed by atoms with Crippen molar-refractivity contribution in [3.8, 4) is 0 Å². The van der Waals surface area contributed by atoms with Crippen LogP contribution in [0, 0.1) is 0 Å². The fourth-order valence-corrected chi connectivity index (χ4v) is 1.71. The molecule has 1 rings (SSSR count). The zero-order valence-electron chi connectivity index (χ0n) is 8.83. The van der Waals surface area contributed by atoms with E-state index in [1.54, 1.807) is 7.11 Å². The van der Waals surface area contributed by atoms with Gasteiger partial charge in [-0.05, 0) is 26.3 Å². The molecular formula is C10H22N2O. The highest BCUT2D eigenvalue weighted by Gasteiger charge is 2.22. The molecule has 1 saturated carbocycles. The third-order valence-electron chi connectivity index (χ3n) is 2.91. The van der Waals surface area contributed by atoms with Crippen LogP contribution in [0.15, 0.2) is 0 Å². The summed E-state index contributed by atoms with van der Waals surface area (Å²) < 4.78 is 5.00. The smallest absolute Gasteiger partial charge is 0.0477 e. The lowest BCUT2D eigenvalue weighted by Gasteiger charge is -2.36. The summed E-state index contributed by atoms with van der Waals surface area (Å²) in [7, 11) is 3.90. The van der Waals surface area contributed by atoms with Gasteiger partial charge in [0.05, 0.1) is 0 Å². The molecule has 1 atom stereocenters. The van der Waals surface area contributed by atoms with E-state index in [1.165, 1.54) is 19.3 Å². The van der Waals surface area contributed by atoms with Crippen LogP contribution >= 0.6 is 0 Å². The highest BCUT2D eigenvalue weighted by molar-refractivity contribution is 4.80. The zero-order valence-corrected chi connectivity index (χ0v) is 8.83. The second-order valence-corrected chi connectivity index (χ2v) is 4.07. The molecule has 0 aromatic heterocycles. The molecule has 1 aliphatic rings. The van der Waals surface area contributed by atoms with Gasteiger partial charge < -0.3 is 15.4 Å². The highest BCUT2D eigenvalue weighted by Crippen LogP contribution is 2.23. The molecule has 3 heteroatoms. The van der Waals surface area contributed by atoms with Gasteiger partial charge in [-0.2, -0.15) is 0 Å². The lowest BCUT2D eigenvalue weighted by atomic mass is 9.91. The maximum absolute atomic E-state index is 5.96. The largest absolute Gasteiger partial charge is 0.385 e. The van der Waals surface area contributed by atoms with Crippen LogP contribution in [0.25, 0.3) is 0 Å². The maximum Gasteiger partial charge on any atom is 0.0477 e. The van der Waals surface area contributed by atoms with Gasteiger partial charge in [-0.25, -0.2) is 0 Å². The Balaban J connectivity index is 2.07. The number of likely N-dealkylation sites (N-methyl/N-ethyl adjacent to an activating group) is 1. The summed E-state index contributed by atoms with van der Waals surface area (Å²) >= 11 is 0. The molecule has 2 N–H and O–H groups in total. The molecule has 3 nitrogen and oxygen atoms in total.